The first-order chi connectivity index (χ1) is 8.76. The second kappa shape index (κ2) is 5.99. The molecule has 3 heteroatoms. The Kier molecular flexibility index (Phi) is 4.35. The highest BCUT2D eigenvalue weighted by Gasteiger charge is 2.29. The highest BCUT2D eigenvalue weighted by Crippen LogP contribution is 2.29. The molecule has 2 rings (SSSR count). The molecule has 0 aromatic heterocycles. The number of nitrogens with two attached hydrogens (primary N) is 1. The molecule has 0 amide bonds. The summed E-state index contributed by atoms with van der Waals surface area (Å²) in [6.45, 7) is 1.61. The summed E-state index contributed by atoms with van der Waals surface area (Å²) >= 11 is 0. The molecule has 2 N–H and O–H groups in total. The van der Waals surface area contributed by atoms with Crippen molar-refractivity contribution in [1.29, 1.82) is 5.26 Å². The minimum absolute atomic E-state index is 0.571. The molecule has 0 spiro atoms. The third-order valence-electron chi connectivity index (χ3n) is 4.05. The molecule has 1 aliphatic carbocycles. The van der Waals surface area contributed by atoms with Crippen LogP contribution in [0.25, 0.3) is 0 Å². The van der Waals surface area contributed by atoms with Gasteiger partial charge in [-0.25, -0.2) is 0 Å². The van der Waals surface area contributed by atoms with Gasteiger partial charge in [-0.1, -0.05) is 24.6 Å². The fourth-order valence-electron chi connectivity index (χ4n) is 3.03. The van der Waals surface area contributed by atoms with E-state index in [9.17, 15) is 0 Å². The van der Waals surface area contributed by atoms with Gasteiger partial charge < -0.3 is 5.73 Å². The molecule has 2 atom stereocenters. The van der Waals surface area contributed by atoms with Crippen molar-refractivity contribution in [1.82, 2.24) is 4.90 Å². The molecule has 0 saturated heterocycles. The zero-order valence-electron chi connectivity index (χ0n) is 11.0. The maximum atomic E-state index is 9.11. The molecular weight excluding hydrogens is 222 g/mol. The van der Waals surface area contributed by atoms with Gasteiger partial charge in [0.2, 0.25) is 0 Å². The van der Waals surface area contributed by atoms with Crippen LogP contribution in [0, 0.1) is 17.2 Å². The van der Waals surface area contributed by atoms with Crippen LogP contribution in [0.2, 0.25) is 0 Å². The molecule has 1 saturated carbocycles. The van der Waals surface area contributed by atoms with Crippen LogP contribution in [0.3, 0.4) is 0 Å². The molecule has 1 aromatic rings. The Labute approximate surface area is 109 Å². The minimum Gasteiger partial charge on any atom is -0.330 e. The van der Waals surface area contributed by atoms with E-state index < -0.39 is 0 Å². The third-order valence-corrected chi connectivity index (χ3v) is 4.05. The van der Waals surface area contributed by atoms with Crippen LogP contribution in [0.1, 0.15) is 30.4 Å². The van der Waals surface area contributed by atoms with E-state index in [1.807, 2.05) is 24.3 Å². The molecule has 96 valence electrons. The van der Waals surface area contributed by atoms with E-state index in [0.717, 1.165) is 24.2 Å². The van der Waals surface area contributed by atoms with Crippen molar-refractivity contribution in [2.24, 2.45) is 11.7 Å². The van der Waals surface area contributed by atoms with Crippen molar-refractivity contribution in [2.45, 2.75) is 31.8 Å². The first-order valence-corrected chi connectivity index (χ1v) is 6.64. The molecule has 1 aliphatic rings. The fraction of sp³-hybridized carbons (Fsp3) is 0.533. The predicted molar refractivity (Wildman–Crippen MR) is 72.8 cm³/mol. The Morgan fingerprint density at radius 3 is 2.89 bits per heavy atom. The quantitative estimate of drug-likeness (QED) is 0.881. The van der Waals surface area contributed by atoms with Gasteiger partial charge in [0.15, 0.2) is 0 Å². The molecule has 1 fully saturated rings. The second-order valence-electron chi connectivity index (χ2n) is 5.18. The van der Waals surface area contributed by atoms with Crippen LogP contribution < -0.4 is 5.73 Å². The van der Waals surface area contributed by atoms with E-state index >= 15 is 0 Å². The van der Waals surface area contributed by atoms with Crippen LogP contribution in [0.4, 0.5) is 0 Å². The Morgan fingerprint density at radius 1 is 1.39 bits per heavy atom. The highest BCUT2D eigenvalue weighted by atomic mass is 15.1. The summed E-state index contributed by atoms with van der Waals surface area (Å²) in [5.74, 6) is 0.615. The minimum atomic E-state index is 0.571. The van der Waals surface area contributed by atoms with Gasteiger partial charge in [-0.05, 0) is 44.0 Å². The average molecular weight is 243 g/mol. The summed E-state index contributed by atoms with van der Waals surface area (Å²) in [6, 6.07) is 10.7. The lowest BCUT2D eigenvalue weighted by Crippen LogP contribution is -2.37. The van der Waals surface area contributed by atoms with Crippen LogP contribution >= 0.6 is 0 Å². The number of nitrogens with zero attached hydrogens (tertiary/aromatic N) is 2. The van der Waals surface area contributed by atoms with E-state index in [2.05, 4.69) is 18.0 Å². The molecule has 18 heavy (non-hydrogen) atoms. The molecule has 2 unspecified atom stereocenters. The SMILES string of the molecule is CN(Cc1ccccc1C#N)C1CCCC1CN. The first kappa shape index (κ1) is 13.1. The van der Waals surface area contributed by atoms with Gasteiger partial charge >= 0.3 is 0 Å². The summed E-state index contributed by atoms with van der Waals surface area (Å²) in [5, 5.41) is 9.11. The predicted octanol–water partition coefficient (Wildman–Crippen LogP) is 2.12. The lowest BCUT2D eigenvalue weighted by atomic mass is 10.0. The van der Waals surface area contributed by atoms with Crippen molar-refractivity contribution < 1.29 is 0 Å². The van der Waals surface area contributed by atoms with E-state index in [1.165, 1.54) is 19.3 Å². The number of hydrogen-bond acceptors (Lipinski definition) is 3. The third kappa shape index (κ3) is 2.72. The monoisotopic (exact) mass is 243 g/mol. The van der Waals surface area contributed by atoms with Crippen LogP contribution in [0.15, 0.2) is 24.3 Å². The van der Waals surface area contributed by atoms with Gasteiger partial charge in [-0.2, -0.15) is 5.26 Å². The zero-order valence-corrected chi connectivity index (χ0v) is 11.0. The van der Waals surface area contributed by atoms with Crippen LogP contribution in [-0.2, 0) is 6.54 Å². The average Bonchev–Trinajstić information content (AvgIpc) is 2.87. The second-order valence-corrected chi connectivity index (χ2v) is 5.18. The van der Waals surface area contributed by atoms with Crippen molar-refractivity contribution >= 4 is 0 Å². The zero-order chi connectivity index (χ0) is 13.0. The number of nitriles is 1. The van der Waals surface area contributed by atoms with Gasteiger partial charge in [0.25, 0.3) is 0 Å². The molecule has 0 radical (unpaired) electrons. The largest absolute Gasteiger partial charge is 0.330 e. The molecule has 0 bridgehead atoms. The van der Waals surface area contributed by atoms with Crippen molar-refractivity contribution in [3.05, 3.63) is 35.4 Å². The van der Waals surface area contributed by atoms with E-state index in [4.69, 9.17) is 11.0 Å². The summed E-state index contributed by atoms with van der Waals surface area (Å²) in [5.41, 5.74) is 7.73. The van der Waals surface area contributed by atoms with Crippen molar-refractivity contribution in [3.63, 3.8) is 0 Å². The molecule has 3 nitrogen and oxygen atoms in total. The normalized spacial score (nSPS) is 23.2. The summed E-state index contributed by atoms with van der Waals surface area (Å²) in [6.07, 6.45) is 3.75. The summed E-state index contributed by atoms with van der Waals surface area (Å²) in [7, 11) is 2.15. The van der Waals surface area contributed by atoms with Crippen molar-refractivity contribution in [3.8, 4) is 6.07 Å². The maximum Gasteiger partial charge on any atom is 0.0995 e. The fourth-order valence-corrected chi connectivity index (χ4v) is 3.03. The molecule has 0 heterocycles. The van der Waals surface area contributed by atoms with Crippen LogP contribution in [-0.4, -0.2) is 24.5 Å². The van der Waals surface area contributed by atoms with E-state index in [0.29, 0.717) is 12.0 Å². The molecule has 1 aromatic carbocycles. The lowest BCUT2D eigenvalue weighted by Gasteiger charge is -2.29. The van der Waals surface area contributed by atoms with Gasteiger partial charge in [-0.15, -0.1) is 0 Å². The summed E-state index contributed by atoms with van der Waals surface area (Å²) in [4.78, 5) is 2.36. The Morgan fingerprint density at radius 2 is 2.17 bits per heavy atom. The van der Waals surface area contributed by atoms with Crippen LogP contribution in [0.5, 0.6) is 0 Å². The topological polar surface area (TPSA) is 53.0 Å². The van der Waals surface area contributed by atoms with Crippen molar-refractivity contribution in [2.75, 3.05) is 13.6 Å². The van der Waals surface area contributed by atoms with E-state index in [1.54, 1.807) is 0 Å². The standard InChI is InChI=1S/C15H21N3/c1-18(15-8-4-7-13(15)10-17)11-14-6-3-2-5-12(14)9-16/h2-3,5-6,13,15H,4,7-8,10-11,17H2,1H3. The Balaban J connectivity index is 2.07. The maximum absolute atomic E-state index is 9.11. The number of hydrogen-bond donors (Lipinski definition) is 1. The molecule has 0 aliphatic heterocycles. The molecular formula is C15H21N3. The number of rotatable bonds is 4. The Hall–Kier alpha value is -1.37. The number of benzene rings is 1. The summed E-state index contributed by atoms with van der Waals surface area (Å²) < 4.78 is 0. The van der Waals surface area contributed by atoms with E-state index in [-0.39, 0.29) is 0 Å². The van der Waals surface area contributed by atoms with Gasteiger partial charge in [0, 0.05) is 12.6 Å². The first-order valence-electron chi connectivity index (χ1n) is 6.64. The van der Waals surface area contributed by atoms with Gasteiger partial charge in [0.05, 0.1) is 11.6 Å². The van der Waals surface area contributed by atoms with Gasteiger partial charge in [0.1, 0.15) is 0 Å². The highest BCUT2D eigenvalue weighted by molar-refractivity contribution is 5.37. The lowest BCUT2D eigenvalue weighted by molar-refractivity contribution is 0.192. The Bertz CT molecular complexity index is 436. The smallest absolute Gasteiger partial charge is 0.0995 e. The van der Waals surface area contributed by atoms with Gasteiger partial charge in [-0.3, -0.25) is 4.90 Å².